The fraction of sp³-hybridized carbons (Fsp3) is 0.263. The van der Waals surface area contributed by atoms with Crippen LogP contribution in [0.15, 0.2) is 42.5 Å². The highest BCUT2D eigenvalue weighted by Crippen LogP contribution is 2.55. The number of hydrogen-bond donors (Lipinski definition) is 1. The summed E-state index contributed by atoms with van der Waals surface area (Å²) in [6.07, 6.45) is 0.407. The van der Waals surface area contributed by atoms with Gasteiger partial charge < -0.3 is 5.32 Å². The van der Waals surface area contributed by atoms with Gasteiger partial charge in [0.2, 0.25) is 0 Å². The molecule has 0 aromatic heterocycles. The van der Waals surface area contributed by atoms with E-state index in [-0.39, 0.29) is 17.9 Å². The summed E-state index contributed by atoms with van der Waals surface area (Å²) in [5.74, 6) is -0.00694. The van der Waals surface area contributed by atoms with Gasteiger partial charge in [0.1, 0.15) is 0 Å². The van der Waals surface area contributed by atoms with Gasteiger partial charge in [-0.15, -0.1) is 0 Å². The molecule has 0 saturated carbocycles. The number of rotatable bonds is 1. The van der Waals surface area contributed by atoms with Crippen LogP contribution < -0.4 is 5.32 Å². The molecule has 0 amide bonds. The van der Waals surface area contributed by atoms with Crippen LogP contribution in [0, 0.1) is 5.92 Å². The first kappa shape index (κ1) is 18.0. The van der Waals surface area contributed by atoms with E-state index in [0.29, 0.717) is 26.3 Å². The third-order valence-electron chi connectivity index (χ3n) is 5.06. The largest absolute Gasteiger partial charge is 0.416 e. The summed E-state index contributed by atoms with van der Waals surface area (Å²) < 4.78 is 39.4. The highest BCUT2D eigenvalue weighted by Gasteiger charge is 2.41. The minimum Gasteiger partial charge on any atom is -0.376 e. The highest BCUT2D eigenvalue weighted by molar-refractivity contribution is 6.44. The molecular weight excluding hydrogens is 406 g/mol. The summed E-state index contributed by atoms with van der Waals surface area (Å²) in [5.41, 5.74) is 1.36. The Hall–Kier alpha value is -1.36. The van der Waals surface area contributed by atoms with E-state index in [1.807, 2.05) is 12.2 Å². The molecule has 1 heterocycles. The Morgan fingerprint density at radius 2 is 1.81 bits per heavy atom. The van der Waals surface area contributed by atoms with Crippen LogP contribution in [0.2, 0.25) is 15.1 Å². The Balaban J connectivity index is 1.83. The van der Waals surface area contributed by atoms with E-state index in [0.717, 1.165) is 18.1 Å². The fourth-order valence-electron chi connectivity index (χ4n) is 3.90. The molecule has 0 bridgehead atoms. The number of hydrogen-bond acceptors (Lipinski definition) is 1. The molecule has 0 unspecified atom stereocenters. The summed E-state index contributed by atoms with van der Waals surface area (Å²) in [5, 5.41) is 4.53. The molecule has 0 spiro atoms. The number of allylic oxidation sites excluding steroid dienone is 2. The van der Waals surface area contributed by atoms with E-state index < -0.39 is 11.7 Å². The molecule has 2 aromatic rings. The van der Waals surface area contributed by atoms with E-state index in [4.69, 9.17) is 34.8 Å². The minimum absolute atomic E-state index is 0.0398. The zero-order valence-electron chi connectivity index (χ0n) is 13.2. The first-order chi connectivity index (χ1) is 12.3. The Morgan fingerprint density at radius 1 is 1.04 bits per heavy atom. The van der Waals surface area contributed by atoms with Crippen molar-refractivity contribution in [1.82, 2.24) is 0 Å². The molecule has 4 rings (SSSR count). The maximum Gasteiger partial charge on any atom is 0.416 e. The molecule has 1 aliphatic carbocycles. The van der Waals surface area contributed by atoms with Crippen molar-refractivity contribution in [3.8, 4) is 0 Å². The van der Waals surface area contributed by atoms with Crippen LogP contribution in [0.3, 0.4) is 0 Å². The lowest BCUT2D eigenvalue weighted by molar-refractivity contribution is -0.137. The van der Waals surface area contributed by atoms with Crippen molar-refractivity contribution in [2.45, 2.75) is 24.6 Å². The molecule has 1 N–H and O–H groups in total. The van der Waals surface area contributed by atoms with Crippen LogP contribution in [0.5, 0.6) is 0 Å². The molecule has 3 atom stereocenters. The van der Waals surface area contributed by atoms with Gasteiger partial charge in [0.05, 0.1) is 32.4 Å². The second kappa shape index (κ2) is 6.36. The van der Waals surface area contributed by atoms with Crippen LogP contribution in [0.25, 0.3) is 0 Å². The Bertz CT molecular complexity index is 908. The van der Waals surface area contributed by atoms with Crippen LogP contribution in [0.1, 0.15) is 35.1 Å². The van der Waals surface area contributed by atoms with Gasteiger partial charge in [-0.3, -0.25) is 0 Å². The van der Waals surface area contributed by atoms with E-state index in [1.54, 1.807) is 12.1 Å². The van der Waals surface area contributed by atoms with Gasteiger partial charge in [0.25, 0.3) is 0 Å². The first-order valence-electron chi connectivity index (χ1n) is 8.05. The topological polar surface area (TPSA) is 12.0 Å². The average molecular weight is 419 g/mol. The van der Waals surface area contributed by atoms with E-state index >= 15 is 0 Å². The summed E-state index contributed by atoms with van der Waals surface area (Å²) in [4.78, 5) is 0. The first-order valence-corrected chi connectivity index (χ1v) is 9.18. The second-order valence-electron chi connectivity index (χ2n) is 6.54. The van der Waals surface area contributed by atoms with Crippen molar-refractivity contribution in [3.05, 3.63) is 74.2 Å². The molecule has 1 nitrogen and oxygen atoms in total. The van der Waals surface area contributed by atoms with Crippen molar-refractivity contribution < 1.29 is 13.2 Å². The molecule has 7 heteroatoms. The molecule has 136 valence electrons. The quantitative estimate of drug-likeness (QED) is 0.373. The predicted octanol–water partition coefficient (Wildman–Crippen LogP) is 7.49. The van der Waals surface area contributed by atoms with Gasteiger partial charge in [0.15, 0.2) is 0 Å². The zero-order valence-corrected chi connectivity index (χ0v) is 15.5. The molecule has 26 heavy (non-hydrogen) atoms. The predicted molar refractivity (Wildman–Crippen MR) is 99.3 cm³/mol. The lowest BCUT2D eigenvalue weighted by Crippen LogP contribution is -2.29. The number of halogens is 6. The molecule has 2 aromatic carbocycles. The smallest absolute Gasteiger partial charge is 0.376 e. The molecule has 0 saturated heterocycles. The van der Waals surface area contributed by atoms with Gasteiger partial charge in [-0.1, -0.05) is 59.1 Å². The standard InChI is InChI=1S/C19H13Cl3F3N/c20-13-8-14(21)18-15(16(13)22)11-5-2-6-12(11)17(26-18)9-3-1-4-10(7-9)19(23,24)25/h1-5,7-8,11-12,17,26H,6H2/t11-,12+,17+/m1/s1. The Morgan fingerprint density at radius 3 is 2.54 bits per heavy atom. The van der Waals surface area contributed by atoms with Gasteiger partial charge >= 0.3 is 6.18 Å². The summed E-state index contributed by atoms with van der Waals surface area (Å²) in [6.45, 7) is 0. The minimum atomic E-state index is -4.38. The molecular formula is C19H13Cl3F3N. The summed E-state index contributed by atoms with van der Waals surface area (Å²) >= 11 is 18.9. The third kappa shape index (κ3) is 2.88. The summed E-state index contributed by atoms with van der Waals surface area (Å²) in [6, 6.07) is 6.67. The number of fused-ring (bicyclic) bond motifs is 3. The van der Waals surface area contributed by atoms with E-state index in [1.165, 1.54) is 12.1 Å². The van der Waals surface area contributed by atoms with Gasteiger partial charge in [-0.05, 0) is 36.1 Å². The van der Waals surface area contributed by atoms with E-state index in [2.05, 4.69) is 5.32 Å². The monoisotopic (exact) mass is 417 g/mol. The molecule has 2 aliphatic rings. The van der Waals surface area contributed by atoms with Crippen molar-refractivity contribution in [1.29, 1.82) is 0 Å². The van der Waals surface area contributed by atoms with Crippen molar-refractivity contribution in [2.75, 3.05) is 5.32 Å². The van der Waals surface area contributed by atoms with Crippen LogP contribution >= 0.6 is 34.8 Å². The lowest BCUT2D eigenvalue weighted by atomic mass is 9.77. The number of nitrogens with one attached hydrogen (secondary N) is 1. The van der Waals surface area contributed by atoms with Crippen LogP contribution in [-0.4, -0.2) is 0 Å². The maximum absolute atomic E-state index is 13.1. The second-order valence-corrected chi connectivity index (χ2v) is 7.73. The van der Waals surface area contributed by atoms with Crippen molar-refractivity contribution in [2.24, 2.45) is 5.92 Å². The Labute approximate surface area is 163 Å². The molecule has 1 aliphatic heterocycles. The van der Waals surface area contributed by atoms with Gasteiger partial charge in [-0.2, -0.15) is 13.2 Å². The van der Waals surface area contributed by atoms with E-state index in [9.17, 15) is 13.2 Å². The number of anilines is 1. The van der Waals surface area contributed by atoms with Crippen LogP contribution in [0.4, 0.5) is 18.9 Å². The lowest BCUT2D eigenvalue weighted by Gasteiger charge is -2.38. The zero-order chi connectivity index (χ0) is 18.6. The number of benzene rings is 2. The normalized spacial score (nSPS) is 24.2. The molecule has 0 fully saturated rings. The van der Waals surface area contributed by atoms with Gasteiger partial charge in [0, 0.05) is 11.5 Å². The highest BCUT2D eigenvalue weighted by atomic mass is 35.5. The molecule has 0 radical (unpaired) electrons. The fourth-order valence-corrected chi connectivity index (χ4v) is 4.71. The SMILES string of the molecule is FC(F)(F)c1cccc([C@@H]2Nc3c(Cl)cc(Cl)c(Cl)c3[C@@H]3C=CC[C@@H]32)c1. The van der Waals surface area contributed by atoms with Crippen LogP contribution in [-0.2, 0) is 6.18 Å². The Kier molecular flexibility index (Phi) is 4.41. The maximum atomic E-state index is 13.1. The van der Waals surface area contributed by atoms with Crippen molar-refractivity contribution in [3.63, 3.8) is 0 Å². The van der Waals surface area contributed by atoms with Gasteiger partial charge in [-0.25, -0.2) is 0 Å². The average Bonchev–Trinajstić information content (AvgIpc) is 3.07. The third-order valence-corrected chi connectivity index (χ3v) is 6.16. The van der Waals surface area contributed by atoms with Crippen molar-refractivity contribution >= 4 is 40.5 Å². The number of alkyl halides is 3. The summed E-state index contributed by atoms with van der Waals surface area (Å²) in [7, 11) is 0.